The molecule has 20 heavy (non-hydrogen) atoms. The minimum atomic E-state index is -0.886. The first-order valence-electron chi connectivity index (χ1n) is 6.86. The molecule has 0 heterocycles. The van der Waals surface area contributed by atoms with Crippen LogP contribution in [0.15, 0.2) is 0 Å². The predicted molar refractivity (Wildman–Crippen MR) is 73.2 cm³/mol. The molecule has 0 aromatic heterocycles. The van der Waals surface area contributed by atoms with Gasteiger partial charge < -0.3 is 21.1 Å². The number of hydrogen-bond acceptors (Lipinski definition) is 3. The maximum absolute atomic E-state index is 11.6. The van der Waals surface area contributed by atoms with Gasteiger partial charge in [0.2, 0.25) is 5.91 Å². The molecule has 1 aliphatic carbocycles. The zero-order valence-electron chi connectivity index (χ0n) is 12.0. The molecule has 0 aromatic rings. The van der Waals surface area contributed by atoms with E-state index in [4.69, 9.17) is 5.11 Å². The molecule has 0 spiro atoms. The summed E-state index contributed by atoms with van der Waals surface area (Å²) in [6.07, 6.45) is 2.27. The SMILES string of the molecule is CC(C)(CCC(=O)O)NC(=O)NCCNC(=O)C1CC1. The van der Waals surface area contributed by atoms with E-state index in [0.717, 1.165) is 12.8 Å². The van der Waals surface area contributed by atoms with Crippen LogP contribution in [0.3, 0.4) is 0 Å². The van der Waals surface area contributed by atoms with Crippen LogP contribution in [-0.2, 0) is 9.59 Å². The third kappa shape index (κ3) is 6.96. The van der Waals surface area contributed by atoms with Crippen molar-refractivity contribution in [2.75, 3.05) is 13.1 Å². The number of rotatable bonds is 8. The lowest BCUT2D eigenvalue weighted by Gasteiger charge is -2.25. The number of urea groups is 1. The molecule has 1 saturated carbocycles. The van der Waals surface area contributed by atoms with Crippen molar-refractivity contribution in [3.8, 4) is 0 Å². The molecule has 1 fully saturated rings. The second-order valence-electron chi connectivity index (χ2n) is 5.72. The second-order valence-corrected chi connectivity index (χ2v) is 5.72. The highest BCUT2D eigenvalue weighted by atomic mass is 16.4. The summed E-state index contributed by atoms with van der Waals surface area (Å²) in [5.74, 6) is -0.671. The Balaban J connectivity index is 2.11. The Kier molecular flexibility index (Phi) is 5.79. The number of carboxylic acids is 1. The van der Waals surface area contributed by atoms with Gasteiger partial charge in [-0.1, -0.05) is 0 Å². The maximum atomic E-state index is 11.6. The molecule has 0 aromatic carbocycles. The monoisotopic (exact) mass is 285 g/mol. The lowest BCUT2D eigenvalue weighted by atomic mass is 9.99. The average molecular weight is 285 g/mol. The molecule has 0 unspecified atom stereocenters. The number of carbonyl (C=O) groups is 3. The van der Waals surface area contributed by atoms with Crippen LogP contribution in [0, 0.1) is 5.92 Å². The minimum Gasteiger partial charge on any atom is -0.481 e. The van der Waals surface area contributed by atoms with Crippen LogP contribution in [0.4, 0.5) is 4.79 Å². The van der Waals surface area contributed by atoms with Gasteiger partial charge in [-0.15, -0.1) is 0 Å². The van der Waals surface area contributed by atoms with Gasteiger partial charge in [0.05, 0.1) is 0 Å². The Labute approximate surface area is 118 Å². The van der Waals surface area contributed by atoms with E-state index in [2.05, 4.69) is 16.0 Å². The van der Waals surface area contributed by atoms with E-state index < -0.39 is 11.5 Å². The minimum absolute atomic E-state index is 0.00469. The Morgan fingerprint density at radius 1 is 1.15 bits per heavy atom. The van der Waals surface area contributed by atoms with Crippen molar-refractivity contribution in [2.24, 2.45) is 5.92 Å². The smallest absolute Gasteiger partial charge is 0.315 e. The number of aliphatic carboxylic acids is 1. The normalized spacial score (nSPS) is 14.5. The molecule has 7 heteroatoms. The number of hydrogen-bond donors (Lipinski definition) is 4. The fourth-order valence-electron chi connectivity index (χ4n) is 1.69. The summed E-state index contributed by atoms with van der Waals surface area (Å²) < 4.78 is 0. The van der Waals surface area contributed by atoms with Crippen LogP contribution in [-0.4, -0.2) is 41.6 Å². The predicted octanol–water partition coefficient (Wildman–Crippen LogP) is 0.455. The Morgan fingerprint density at radius 3 is 2.30 bits per heavy atom. The summed E-state index contributed by atoms with van der Waals surface area (Å²) in [5, 5.41) is 16.7. The lowest BCUT2D eigenvalue weighted by molar-refractivity contribution is -0.137. The number of carbonyl (C=O) groups excluding carboxylic acids is 2. The summed E-state index contributed by atoms with van der Waals surface area (Å²) in [6, 6.07) is -0.360. The first-order valence-corrected chi connectivity index (χ1v) is 6.86. The summed E-state index contributed by atoms with van der Waals surface area (Å²) >= 11 is 0. The van der Waals surface area contributed by atoms with Crippen LogP contribution < -0.4 is 16.0 Å². The molecule has 0 aliphatic heterocycles. The van der Waals surface area contributed by atoms with Crippen LogP contribution in [0.2, 0.25) is 0 Å². The van der Waals surface area contributed by atoms with Gasteiger partial charge in [0, 0.05) is 31.0 Å². The van der Waals surface area contributed by atoms with E-state index in [0.29, 0.717) is 19.5 Å². The van der Waals surface area contributed by atoms with E-state index in [-0.39, 0.29) is 24.3 Å². The molecule has 4 N–H and O–H groups in total. The topological polar surface area (TPSA) is 108 Å². The molecule has 7 nitrogen and oxygen atoms in total. The van der Waals surface area contributed by atoms with E-state index >= 15 is 0 Å². The molecule has 0 saturated heterocycles. The highest BCUT2D eigenvalue weighted by Crippen LogP contribution is 2.28. The molecule has 0 atom stereocenters. The van der Waals surface area contributed by atoms with Crippen molar-refractivity contribution in [3.63, 3.8) is 0 Å². The molecular weight excluding hydrogens is 262 g/mol. The van der Waals surface area contributed by atoms with Crippen LogP contribution in [0.25, 0.3) is 0 Å². The van der Waals surface area contributed by atoms with Crippen LogP contribution >= 0.6 is 0 Å². The summed E-state index contributed by atoms with van der Waals surface area (Å²) in [5.41, 5.74) is -0.584. The number of amides is 3. The fraction of sp³-hybridized carbons (Fsp3) is 0.769. The molecule has 0 radical (unpaired) electrons. The first-order chi connectivity index (χ1) is 9.30. The molecule has 114 valence electrons. The van der Waals surface area contributed by atoms with Crippen molar-refractivity contribution in [1.82, 2.24) is 16.0 Å². The Bertz CT molecular complexity index is 378. The van der Waals surface area contributed by atoms with Crippen molar-refractivity contribution in [2.45, 2.75) is 45.1 Å². The van der Waals surface area contributed by atoms with Gasteiger partial charge in [-0.2, -0.15) is 0 Å². The van der Waals surface area contributed by atoms with Crippen molar-refractivity contribution in [1.29, 1.82) is 0 Å². The summed E-state index contributed by atoms with van der Waals surface area (Å²) in [6.45, 7) is 4.28. The van der Waals surface area contributed by atoms with Gasteiger partial charge in [-0.05, 0) is 33.1 Å². The highest BCUT2D eigenvalue weighted by Gasteiger charge is 2.29. The highest BCUT2D eigenvalue weighted by molar-refractivity contribution is 5.81. The van der Waals surface area contributed by atoms with E-state index in [1.54, 1.807) is 13.8 Å². The summed E-state index contributed by atoms with van der Waals surface area (Å²) in [4.78, 5) is 33.4. The van der Waals surface area contributed by atoms with E-state index in [1.165, 1.54) is 0 Å². The van der Waals surface area contributed by atoms with Gasteiger partial charge in [0.25, 0.3) is 0 Å². The molecule has 3 amide bonds. The Morgan fingerprint density at radius 2 is 1.75 bits per heavy atom. The lowest BCUT2D eigenvalue weighted by Crippen LogP contribution is -2.49. The second kappa shape index (κ2) is 7.12. The van der Waals surface area contributed by atoms with Crippen LogP contribution in [0.1, 0.15) is 39.5 Å². The standard InChI is InChI=1S/C13H23N3O4/c1-13(2,6-5-10(17)18)16-12(20)15-8-7-14-11(19)9-3-4-9/h9H,3-8H2,1-2H3,(H,14,19)(H,17,18)(H2,15,16,20). The largest absolute Gasteiger partial charge is 0.481 e. The third-order valence-corrected chi connectivity index (χ3v) is 3.07. The summed E-state index contributed by atoms with van der Waals surface area (Å²) in [7, 11) is 0. The Hall–Kier alpha value is -1.79. The zero-order valence-corrected chi connectivity index (χ0v) is 12.0. The van der Waals surface area contributed by atoms with Gasteiger partial charge in [-0.3, -0.25) is 9.59 Å². The molecular formula is C13H23N3O4. The number of nitrogens with one attached hydrogen (secondary N) is 3. The van der Waals surface area contributed by atoms with Crippen molar-refractivity contribution in [3.05, 3.63) is 0 Å². The van der Waals surface area contributed by atoms with Crippen molar-refractivity contribution < 1.29 is 19.5 Å². The first kappa shape index (κ1) is 16.3. The number of carboxylic acid groups (broad SMARTS) is 1. The maximum Gasteiger partial charge on any atom is 0.315 e. The quantitative estimate of drug-likeness (QED) is 0.486. The van der Waals surface area contributed by atoms with Gasteiger partial charge in [0.1, 0.15) is 0 Å². The average Bonchev–Trinajstić information content (AvgIpc) is 3.15. The van der Waals surface area contributed by atoms with E-state index in [1.807, 2.05) is 0 Å². The third-order valence-electron chi connectivity index (χ3n) is 3.07. The van der Waals surface area contributed by atoms with Gasteiger partial charge in [0.15, 0.2) is 0 Å². The molecule has 1 rings (SSSR count). The van der Waals surface area contributed by atoms with Crippen LogP contribution in [0.5, 0.6) is 0 Å². The van der Waals surface area contributed by atoms with Crippen molar-refractivity contribution >= 4 is 17.9 Å². The zero-order chi connectivity index (χ0) is 15.2. The molecule has 0 bridgehead atoms. The molecule has 1 aliphatic rings. The fourth-order valence-corrected chi connectivity index (χ4v) is 1.69. The van der Waals surface area contributed by atoms with Gasteiger partial charge >= 0.3 is 12.0 Å². The van der Waals surface area contributed by atoms with Gasteiger partial charge in [-0.25, -0.2) is 4.79 Å². The van der Waals surface area contributed by atoms with E-state index in [9.17, 15) is 14.4 Å².